The van der Waals surface area contributed by atoms with Crippen molar-refractivity contribution in [3.63, 3.8) is 0 Å². The molecule has 0 saturated carbocycles. The zero-order valence-electron chi connectivity index (χ0n) is 20.9. The molecule has 0 radical (unpaired) electrons. The van der Waals surface area contributed by atoms with Crippen LogP contribution in [0.1, 0.15) is 46.2 Å². The van der Waals surface area contributed by atoms with Gasteiger partial charge in [-0.15, -0.1) is 0 Å². The summed E-state index contributed by atoms with van der Waals surface area (Å²) in [6.07, 6.45) is 8.86. The molecule has 1 N–H and O–H groups in total. The number of carboxylic acids is 1. The third kappa shape index (κ3) is 5.27. The first kappa shape index (κ1) is 25.1. The first-order chi connectivity index (χ1) is 18.4. The SMILES string of the molecule is COc1ccc([C@H](CC(=O)O)N2CCn3cc(/C=C/CCc4ccc5cccnc5n4)cc3C2=O)cc1F. The van der Waals surface area contributed by atoms with Crippen molar-refractivity contribution in [2.45, 2.75) is 31.8 Å². The molecule has 1 aromatic carbocycles. The number of pyridine rings is 2. The number of ether oxygens (including phenoxy) is 1. The molecule has 1 aliphatic rings. The van der Waals surface area contributed by atoms with Crippen molar-refractivity contribution in [2.24, 2.45) is 0 Å². The number of hydrogen-bond donors (Lipinski definition) is 1. The number of benzene rings is 1. The van der Waals surface area contributed by atoms with Crippen LogP contribution in [-0.4, -0.2) is 50.1 Å². The number of carbonyl (C=O) groups excluding carboxylic acids is 1. The molecular weight excluding hydrogens is 487 g/mol. The van der Waals surface area contributed by atoms with Crippen LogP contribution in [-0.2, 0) is 17.8 Å². The van der Waals surface area contributed by atoms with Gasteiger partial charge in [-0.2, -0.15) is 0 Å². The quantitative estimate of drug-likeness (QED) is 0.341. The Balaban J connectivity index is 1.29. The highest BCUT2D eigenvalue weighted by Gasteiger charge is 2.33. The average Bonchev–Trinajstić information content (AvgIpc) is 3.34. The predicted octanol–water partition coefficient (Wildman–Crippen LogP) is 4.90. The van der Waals surface area contributed by atoms with Gasteiger partial charge in [0.05, 0.1) is 19.6 Å². The number of carboxylic acid groups (broad SMARTS) is 1. The number of allylic oxidation sites excluding steroid dienone is 1. The second-order valence-electron chi connectivity index (χ2n) is 9.15. The lowest BCUT2D eigenvalue weighted by Crippen LogP contribution is -2.43. The van der Waals surface area contributed by atoms with E-state index in [1.807, 2.05) is 47.2 Å². The number of amides is 1. The van der Waals surface area contributed by atoms with Crippen LogP contribution < -0.4 is 4.74 Å². The van der Waals surface area contributed by atoms with Gasteiger partial charge in [-0.25, -0.2) is 14.4 Å². The van der Waals surface area contributed by atoms with Gasteiger partial charge in [0.1, 0.15) is 5.69 Å². The molecule has 0 fully saturated rings. The van der Waals surface area contributed by atoms with Gasteiger partial charge in [0, 0.05) is 36.6 Å². The number of rotatable bonds is 9. The fraction of sp³-hybridized carbons (Fsp3) is 0.241. The molecule has 0 bridgehead atoms. The molecule has 8 nitrogen and oxygen atoms in total. The lowest BCUT2D eigenvalue weighted by molar-refractivity contribution is -0.138. The second-order valence-corrected chi connectivity index (χ2v) is 9.15. The summed E-state index contributed by atoms with van der Waals surface area (Å²) in [6.45, 7) is 0.828. The van der Waals surface area contributed by atoms with Crippen LogP contribution >= 0.6 is 0 Å². The van der Waals surface area contributed by atoms with Gasteiger partial charge in [0.25, 0.3) is 5.91 Å². The van der Waals surface area contributed by atoms with Crippen LogP contribution in [0.5, 0.6) is 5.75 Å². The molecular formula is C29H27FN4O4. The number of nitrogens with zero attached hydrogens (tertiary/aromatic N) is 4. The Morgan fingerprint density at radius 3 is 2.87 bits per heavy atom. The summed E-state index contributed by atoms with van der Waals surface area (Å²) in [7, 11) is 1.36. The number of methoxy groups -OCH3 is 1. The number of carbonyl (C=O) groups is 2. The normalized spacial score (nSPS) is 14.2. The summed E-state index contributed by atoms with van der Waals surface area (Å²) in [5.74, 6) is -1.89. The number of aromatic nitrogens is 3. The molecule has 0 aliphatic carbocycles. The molecule has 0 unspecified atom stereocenters. The fourth-order valence-electron chi connectivity index (χ4n) is 4.80. The van der Waals surface area contributed by atoms with Gasteiger partial charge in [-0.05, 0) is 66.4 Å². The van der Waals surface area contributed by atoms with E-state index in [4.69, 9.17) is 4.74 Å². The van der Waals surface area contributed by atoms with Crippen molar-refractivity contribution in [3.05, 3.63) is 95.3 Å². The zero-order valence-corrected chi connectivity index (χ0v) is 20.9. The Kier molecular flexibility index (Phi) is 7.17. The lowest BCUT2D eigenvalue weighted by Gasteiger charge is -2.35. The molecule has 1 aliphatic heterocycles. The molecule has 5 rings (SSSR count). The van der Waals surface area contributed by atoms with E-state index in [0.29, 0.717) is 24.3 Å². The largest absolute Gasteiger partial charge is 0.494 e. The molecule has 9 heteroatoms. The van der Waals surface area contributed by atoms with Gasteiger partial charge in [0.15, 0.2) is 17.2 Å². The van der Waals surface area contributed by atoms with E-state index in [9.17, 15) is 19.1 Å². The maximum Gasteiger partial charge on any atom is 0.305 e. The summed E-state index contributed by atoms with van der Waals surface area (Å²) in [4.78, 5) is 35.4. The second kappa shape index (κ2) is 10.8. The Bertz CT molecular complexity index is 1530. The third-order valence-corrected chi connectivity index (χ3v) is 6.68. The van der Waals surface area contributed by atoms with E-state index in [0.717, 1.165) is 35.1 Å². The number of aryl methyl sites for hydroxylation is 1. The molecule has 194 valence electrons. The lowest BCUT2D eigenvalue weighted by atomic mass is 10.00. The van der Waals surface area contributed by atoms with Crippen molar-refractivity contribution in [1.82, 2.24) is 19.4 Å². The Hall–Kier alpha value is -4.53. The smallest absolute Gasteiger partial charge is 0.305 e. The summed E-state index contributed by atoms with van der Waals surface area (Å²) >= 11 is 0. The van der Waals surface area contributed by atoms with Crippen molar-refractivity contribution in [1.29, 1.82) is 0 Å². The van der Waals surface area contributed by atoms with Crippen LogP contribution in [0.15, 0.2) is 67.0 Å². The molecule has 4 aromatic rings. The topological polar surface area (TPSA) is 97.6 Å². The maximum atomic E-state index is 14.4. The number of halogens is 1. The Labute approximate surface area is 219 Å². The minimum Gasteiger partial charge on any atom is -0.494 e. The monoisotopic (exact) mass is 514 g/mol. The summed E-state index contributed by atoms with van der Waals surface area (Å²) in [5.41, 5.74) is 3.46. The summed E-state index contributed by atoms with van der Waals surface area (Å²) in [6, 6.07) is 13.2. The molecule has 38 heavy (non-hydrogen) atoms. The van der Waals surface area contributed by atoms with E-state index in [2.05, 4.69) is 9.97 Å². The Morgan fingerprint density at radius 2 is 2.08 bits per heavy atom. The van der Waals surface area contributed by atoms with Gasteiger partial charge < -0.3 is 19.3 Å². The van der Waals surface area contributed by atoms with Crippen molar-refractivity contribution < 1.29 is 23.8 Å². The predicted molar refractivity (Wildman–Crippen MR) is 140 cm³/mol. The van der Waals surface area contributed by atoms with Crippen molar-refractivity contribution in [3.8, 4) is 5.75 Å². The van der Waals surface area contributed by atoms with Crippen LogP contribution in [0, 0.1) is 5.82 Å². The third-order valence-electron chi connectivity index (χ3n) is 6.68. The molecule has 0 spiro atoms. The van der Waals surface area contributed by atoms with E-state index in [1.54, 1.807) is 18.3 Å². The van der Waals surface area contributed by atoms with Crippen LogP contribution in [0.25, 0.3) is 17.1 Å². The van der Waals surface area contributed by atoms with E-state index < -0.39 is 17.8 Å². The number of aliphatic carboxylic acids is 1. The number of hydrogen-bond acceptors (Lipinski definition) is 5. The first-order valence-corrected chi connectivity index (χ1v) is 12.4. The van der Waals surface area contributed by atoms with Crippen LogP contribution in [0.3, 0.4) is 0 Å². The fourth-order valence-corrected chi connectivity index (χ4v) is 4.80. The summed E-state index contributed by atoms with van der Waals surface area (Å²) in [5, 5.41) is 10.5. The van der Waals surface area contributed by atoms with Crippen LogP contribution in [0.2, 0.25) is 0 Å². The average molecular weight is 515 g/mol. The highest BCUT2D eigenvalue weighted by molar-refractivity contribution is 5.94. The number of fused-ring (bicyclic) bond motifs is 2. The molecule has 1 amide bonds. The van der Waals surface area contributed by atoms with E-state index >= 15 is 0 Å². The Morgan fingerprint density at radius 1 is 1.21 bits per heavy atom. The van der Waals surface area contributed by atoms with Gasteiger partial charge in [0.2, 0.25) is 0 Å². The minimum atomic E-state index is -1.07. The highest BCUT2D eigenvalue weighted by Crippen LogP contribution is 2.31. The van der Waals surface area contributed by atoms with Gasteiger partial charge >= 0.3 is 5.97 Å². The van der Waals surface area contributed by atoms with Crippen LogP contribution in [0.4, 0.5) is 4.39 Å². The molecule has 3 aromatic heterocycles. The van der Waals surface area contributed by atoms with E-state index in [-0.39, 0.29) is 18.1 Å². The van der Waals surface area contributed by atoms with E-state index in [1.165, 1.54) is 24.1 Å². The van der Waals surface area contributed by atoms with Gasteiger partial charge in [-0.3, -0.25) is 9.59 Å². The molecule has 0 saturated heterocycles. The zero-order chi connectivity index (χ0) is 26.6. The first-order valence-electron chi connectivity index (χ1n) is 12.4. The van der Waals surface area contributed by atoms with Crippen molar-refractivity contribution in [2.75, 3.05) is 13.7 Å². The maximum absolute atomic E-state index is 14.4. The summed E-state index contributed by atoms with van der Waals surface area (Å²) < 4.78 is 21.2. The minimum absolute atomic E-state index is 0.0613. The highest BCUT2D eigenvalue weighted by atomic mass is 19.1. The standard InChI is InChI=1S/C29H27FN4O4/c1-38-26-11-9-21(16-23(26)30)24(17-27(35)36)34-14-13-33-18-19(15-25(33)29(34)37)5-2-3-7-22-10-8-20-6-4-12-31-28(20)32-22/h2,4-6,8-12,15-16,18,24H,3,7,13-14,17H2,1H3,(H,35,36)/b5-2+/t24-/m0/s1. The van der Waals surface area contributed by atoms with Crippen molar-refractivity contribution >= 4 is 29.0 Å². The molecule has 1 atom stereocenters. The van der Waals surface area contributed by atoms with Gasteiger partial charge in [-0.1, -0.05) is 18.2 Å². The molecule has 4 heterocycles.